The number of amidine groups is 1. The maximum absolute atomic E-state index is 12.1. The molecule has 5 nitrogen and oxygen atoms in total. The molecule has 0 saturated heterocycles. The van der Waals surface area contributed by atoms with Crippen molar-refractivity contribution in [3.63, 3.8) is 0 Å². The van der Waals surface area contributed by atoms with Crippen molar-refractivity contribution in [3.05, 3.63) is 0 Å². The Morgan fingerprint density at radius 3 is 2.35 bits per heavy atom. The number of carbonyl (C=O) groups is 1. The van der Waals surface area contributed by atoms with Gasteiger partial charge < -0.3 is 16.3 Å². The number of amides is 1. The second kappa shape index (κ2) is 6.47. The molecule has 0 aromatic rings. The molecular formula is C12H25N3O2. The summed E-state index contributed by atoms with van der Waals surface area (Å²) in [6.07, 6.45) is 1.39. The largest absolute Gasteiger partial charge is 0.409 e. The third-order valence-electron chi connectivity index (χ3n) is 3.08. The van der Waals surface area contributed by atoms with E-state index in [-0.39, 0.29) is 17.8 Å². The topological polar surface area (TPSA) is 87.7 Å². The van der Waals surface area contributed by atoms with Gasteiger partial charge in [-0.15, -0.1) is 0 Å². The molecule has 0 aromatic heterocycles. The smallest absolute Gasteiger partial charge is 0.233 e. The van der Waals surface area contributed by atoms with Gasteiger partial charge in [0.15, 0.2) is 5.84 Å². The van der Waals surface area contributed by atoms with Crippen molar-refractivity contribution in [2.75, 3.05) is 0 Å². The molecule has 0 rings (SSSR count). The zero-order chi connectivity index (χ0) is 13.6. The third kappa shape index (κ3) is 4.24. The van der Waals surface area contributed by atoms with Crippen LogP contribution in [0, 0.1) is 11.3 Å². The summed E-state index contributed by atoms with van der Waals surface area (Å²) in [6.45, 7) is 9.68. The van der Waals surface area contributed by atoms with Gasteiger partial charge in [0.1, 0.15) is 5.41 Å². The molecule has 0 aliphatic rings. The average molecular weight is 243 g/mol. The highest BCUT2D eigenvalue weighted by Gasteiger charge is 2.36. The molecule has 2 atom stereocenters. The quantitative estimate of drug-likeness (QED) is 0.287. The summed E-state index contributed by atoms with van der Waals surface area (Å²) in [6, 6.07) is 0.0832. The maximum Gasteiger partial charge on any atom is 0.233 e. The van der Waals surface area contributed by atoms with Crippen LogP contribution in [0.15, 0.2) is 5.16 Å². The molecule has 0 spiro atoms. The summed E-state index contributed by atoms with van der Waals surface area (Å²) in [7, 11) is 0. The monoisotopic (exact) mass is 243 g/mol. The van der Waals surface area contributed by atoms with E-state index in [1.54, 1.807) is 6.92 Å². The summed E-state index contributed by atoms with van der Waals surface area (Å²) >= 11 is 0. The number of hydrogen-bond acceptors (Lipinski definition) is 3. The summed E-state index contributed by atoms with van der Waals surface area (Å²) < 4.78 is 0. The van der Waals surface area contributed by atoms with E-state index in [0.717, 1.165) is 6.42 Å². The van der Waals surface area contributed by atoms with Gasteiger partial charge in [-0.05, 0) is 32.6 Å². The van der Waals surface area contributed by atoms with Crippen LogP contribution >= 0.6 is 0 Å². The minimum Gasteiger partial charge on any atom is -0.409 e. The Kier molecular flexibility index (Phi) is 5.99. The van der Waals surface area contributed by atoms with E-state index in [9.17, 15) is 4.79 Å². The third-order valence-corrected chi connectivity index (χ3v) is 3.08. The molecule has 0 heterocycles. The van der Waals surface area contributed by atoms with Crippen LogP contribution in [0.2, 0.25) is 0 Å². The van der Waals surface area contributed by atoms with Gasteiger partial charge in [-0.2, -0.15) is 0 Å². The van der Waals surface area contributed by atoms with Crippen molar-refractivity contribution >= 4 is 11.7 Å². The second-order valence-corrected chi connectivity index (χ2v) is 5.17. The molecule has 0 aromatic carbocycles. The lowest BCUT2D eigenvalue weighted by molar-refractivity contribution is -0.127. The summed E-state index contributed by atoms with van der Waals surface area (Å²) in [5.74, 6) is 0.278. The van der Waals surface area contributed by atoms with Crippen LogP contribution in [0.1, 0.15) is 47.5 Å². The van der Waals surface area contributed by atoms with Crippen molar-refractivity contribution in [1.29, 1.82) is 0 Å². The second-order valence-electron chi connectivity index (χ2n) is 5.17. The molecule has 2 unspecified atom stereocenters. The lowest BCUT2D eigenvalue weighted by Gasteiger charge is -2.27. The standard InChI is InChI=1S/C12H25N3O2/c1-6-12(5,10(13)15-17)11(16)14-9(4)7-8(2)3/h8-9,17H,6-7H2,1-5H3,(H2,13,15)(H,14,16). The number of rotatable bonds is 6. The van der Waals surface area contributed by atoms with Gasteiger partial charge in [0, 0.05) is 6.04 Å². The van der Waals surface area contributed by atoms with E-state index in [2.05, 4.69) is 24.3 Å². The molecule has 0 bridgehead atoms. The molecule has 100 valence electrons. The van der Waals surface area contributed by atoms with Crippen LogP contribution in [0.5, 0.6) is 0 Å². The molecule has 5 heteroatoms. The van der Waals surface area contributed by atoms with Gasteiger partial charge in [-0.3, -0.25) is 4.79 Å². The highest BCUT2D eigenvalue weighted by Crippen LogP contribution is 2.22. The van der Waals surface area contributed by atoms with E-state index in [1.165, 1.54) is 0 Å². The number of nitrogens with one attached hydrogen (secondary N) is 1. The van der Waals surface area contributed by atoms with Crippen LogP contribution in [-0.4, -0.2) is 23.0 Å². The molecular weight excluding hydrogens is 218 g/mol. The van der Waals surface area contributed by atoms with E-state index in [0.29, 0.717) is 12.3 Å². The summed E-state index contributed by atoms with van der Waals surface area (Å²) in [5, 5.41) is 14.6. The number of nitrogens with zero attached hydrogens (tertiary/aromatic N) is 1. The normalized spacial score (nSPS) is 17.6. The molecule has 0 radical (unpaired) electrons. The molecule has 1 amide bonds. The van der Waals surface area contributed by atoms with Gasteiger partial charge in [0.2, 0.25) is 5.91 Å². The SMILES string of the molecule is CCC(C)(C(=O)NC(C)CC(C)C)C(N)=NO. The Labute approximate surface area is 103 Å². The molecule has 0 aliphatic heterocycles. The number of oxime groups is 1. The Morgan fingerprint density at radius 2 is 2.00 bits per heavy atom. The Bertz CT molecular complexity index is 289. The molecule has 17 heavy (non-hydrogen) atoms. The van der Waals surface area contributed by atoms with Crippen LogP contribution < -0.4 is 11.1 Å². The number of nitrogens with two attached hydrogens (primary N) is 1. The summed E-state index contributed by atoms with van der Waals surface area (Å²) in [5.41, 5.74) is 4.63. The fourth-order valence-corrected chi connectivity index (χ4v) is 1.72. The van der Waals surface area contributed by atoms with Crippen LogP contribution in [-0.2, 0) is 4.79 Å². The molecule has 0 aliphatic carbocycles. The first-order chi connectivity index (χ1) is 7.77. The molecule has 0 fully saturated rings. The van der Waals surface area contributed by atoms with Crippen molar-refractivity contribution in [1.82, 2.24) is 5.32 Å². The van der Waals surface area contributed by atoms with E-state index < -0.39 is 5.41 Å². The van der Waals surface area contributed by atoms with E-state index in [1.807, 2.05) is 13.8 Å². The zero-order valence-electron chi connectivity index (χ0n) is 11.4. The number of hydrogen-bond donors (Lipinski definition) is 3. The highest BCUT2D eigenvalue weighted by atomic mass is 16.4. The van der Waals surface area contributed by atoms with Gasteiger partial charge >= 0.3 is 0 Å². The van der Waals surface area contributed by atoms with Crippen molar-refractivity contribution in [3.8, 4) is 0 Å². The molecule has 4 N–H and O–H groups in total. The first-order valence-electron chi connectivity index (χ1n) is 6.06. The lowest BCUT2D eigenvalue weighted by atomic mass is 9.84. The van der Waals surface area contributed by atoms with Crippen LogP contribution in [0.25, 0.3) is 0 Å². The first-order valence-corrected chi connectivity index (χ1v) is 6.06. The van der Waals surface area contributed by atoms with Crippen LogP contribution in [0.4, 0.5) is 0 Å². The highest BCUT2D eigenvalue weighted by molar-refractivity contribution is 6.06. The van der Waals surface area contributed by atoms with Gasteiger partial charge in [-0.1, -0.05) is 25.9 Å². The van der Waals surface area contributed by atoms with Crippen molar-refractivity contribution < 1.29 is 10.0 Å². The molecule has 0 saturated carbocycles. The van der Waals surface area contributed by atoms with E-state index >= 15 is 0 Å². The predicted octanol–water partition coefficient (Wildman–Crippen LogP) is 1.70. The van der Waals surface area contributed by atoms with Crippen molar-refractivity contribution in [2.45, 2.75) is 53.5 Å². The first kappa shape index (κ1) is 15.7. The fraction of sp³-hybridized carbons (Fsp3) is 0.833. The van der Waals surface area contributed by atoms with Gasteiger partial charge in [0.25, 0.3) is 0 Å². The Hall–Kier alpha value is -1.26. The Balaban J connectivity index is 4.67. The number of carbonyl (C=O) groups excluding carboxylic acids is 1. The Morgan fingerprint density at radius 1 is 1.47 bits per heavy atom. The zero-order valence-corrected chi connectivity index (χ0v) is 11.4. The maximum atomic E-state index is 12.1. The van der Waals surface area contributed by atoms with Crippen molar-refractivity contribution in [2.24, 2.45) is 22.2 Å². The predicted molar refractivity (Wildman–Crippen MR) is 68.9 cm³/mol. The fourth-order valence-electron chi connectivity index (χ4n) is 1.72. The average Bonchev–Trinajstić information content (AvgIpc) is 2.25. The minimum absolute atomic E-state index is 0.0470. The van der Waals surface area contributed by atoms with Crippen LogP contribution in [0.3, 0.4) is 0 Å². The van der Waals surface area contributed by atoms with Gasteiger partial charge in [-0.25, -0.2) is 0 Å². The van der Waals surface area contributed by atoms with Gasteiger partial charge in [0.05, 0.1) is 0 Å². The summed E-state index contributed by atoms with van der Waals surface area (Å²) in [4.78, 5) is 12.1. The minimum atomic E-state index is -0.944. The lowest BCUT2D eigenvalue weighted by Crippen LogP contribution is -2.50. The van der Waals surface area contributed by atoms with E-state index in [4.69, 9.17) is 10.9 Å².